The van der Waals surface area contributed by atoms with E-state index in [1.165, 1.54) is 24.2 Å². The van der Waals surface area contributed by atoms with Gasteiger partial charge in [0.15, 0.2) is 0 Å². The first-order chi connectivity index (χ1) is 10.2. The molecule has 0 unspecified atom stereocenters. The largest absolute Gasteiger partial charge is 0.481 e. The molecule has 6 heteroatoms. The van der Waals surface area contributed by atoms with Crippen LogP contribution in [0.3, 0.4) is 0 Å². The molecule has 0 radical (unpaired) electrons. The first-order valence-corrected chi connectivity index (χ1v) is 8.03. The van der Waals surface area contributed by atoms with Crippen LogP contribution in [0.25, 0.3) is 0 Å². The maximum Gasteiger partial charge on any atom is 0.410 e. The zero-order valence-corrected chi connectivity index (χ0v) is 13.8. The van der Waals surface area contributed by atoms with Gasteiger partial charge in [0.2, 0.25) is 0 Å². The van der Waals surface area contributed by atoms with E-state index in [0.717, 1.165) is 12.3 Å². The highest BCUT2D eigenvalue weighted by molar-refractivity contribution is 5.72. The molecule has 1 aliphatic carbocycles. The Labute approximate surface area is 131 Å². The fourth-order valence-corrected chi connectivity index (χ4v) is 2.86. The number of rotatable bonds is 6. The lowest BCUT2D eigenvalue weighted by Gasteiger charge is -2.49. The Morgan fingerprint density at radius 1 is 1.27 bits per heavy atom. The van der Waals surface area contributed by atoms with Crippen molar-refractivity contribution in [1.82, 2.24) is 4.90 Å². The molecule has 0 bridgehead atoms. The van der Waals surface area contributed by atoms with Gasteiger partial charge in [-0.15, -0.1) is 0 Å². The van der Waals surface area contributed by atoms with E-state index < -0.39 is 23.3 Å². The molecule has 1 N–H and O–H groups in total. The van der Waals surface area contributed by atoms with Crippen molar-refractivity contribution in [1.29, 1.82) is 0 Å². The molecule has 126 valence electrons. The van der Waals surface area contributed by atoms with Gasteiger partial charge in [-0.3, -0.25) is 4.79 Å². The average molecular weight is 313 g/mol. The van der Waals surface area contributed by atoms with Crippen LogP contribution >= 0.6 is 0 Å². The lowest BCUT2D eigenvalue weighted by Crippen LogP contribution is -2.66. The number of carboxylic acid groups (broad SMARTS) is 1. The van der Waals surface area contributed by atoms with Crippen molar-refractivity contribution in [2.24, 2.45) is 5.92 Å². The summed E-state index contributed by atoms with van der Waals surface area (Å²) in [5.74, 6) is -0.170. The molecule has 1 saturated carbocycles. The predicted octanol–water partition coefficient (Wildman–Crippen LogP) is 2.66. The van der Waals surface area contributed by atoms with Gasteiger partial charge < -0.3 is 19.5 Å². The van der Waals surface area contributed by atoms with Crippen LogP contribution < -0.4 is 0 Å². The van der Waals surface area contributed by atoms with E-state index in [1.54, 1.807) is 0 Å². The molecule has 1 heterocycles. The second-order valence-electron chi connectivity index (χ2n) is 7.52. The van der Waals surface area contributed by atoms with E-state index in [2.05, 4.69) is 0 Å². The Hall–Kier alpha value is -1.30. The maximum absolute atomic E-state index is 12.0. The summed E-state index contributed by atoms with van der Waals surface area (Å²) in [6.45, 7) is 6.58. The van der Waals surface area contributed by atoms with Gasteiger partial charge in [-0.05, 0) is 33.1 Å². The lowest BCUT2D eigenvalue weighted by atomic mass is 9.83. The Balaban J connectivity index is 1.81. The number of amides is 1. The molecule has 0 aromatic carbocycles. The molecule has 1 aliphatic heterocycles. The summed E-state index contributed by atoms with van der Waals surface area (Å²) >= 11 is 0. The highest BCUT2D eigenvalue weighted by atomic mass is 16.6. The van der Waals surface area contributed by atoms with Gasteiger partial charge in [0.05, 0.1) is 19.5 Å². The molecule has 0 aromatic rings. The number of ether oxygens (including phenoxy) is 2. The summed E-state index contributed by atoms with van der Waals surface area (Å²) in [5.41, 5.74) is -1.29. The van der Waals surface area contributed by atoms with Crippen LogP contribution in [0.4, 0.5) is 4.79 Å². The number of hydrogen-bond acceptors (Lipinski definition) is 4. The Bertz CT molecular complexity index is 419. The standard InChI is InChI=1S/C16H27NO5/c1-15(2,3)22-14(20)17-10-16(11-17,9-13(18)19)21-8-7-12-5-4-6-12/h12H,4-11H2,1-3H3,(H,18,19). The molecule has 1 saturated heterocycles. The summed E-state index contributed by atoms with van der Waals surface area (Å²) in [5, 5.41) is 9.08. The van der Waals surface area contributed by atoms with E-state index in [1.807, 2.05) is 20.8 Å². The molecule has 2 rings (SSSR count). The number of aliphatic carboxylic acids is 1. The minimum atomic E-state index is -0.896. The van der Waals surface area contributed by atoms with Gasteiger partial charge in [-0.25, -0.2) is 4.79 Å². The van der Waals surface area contributed by atoms with Gasteiger partial charge in [0.25, 0.3) is 0 Å². The van der Waals surface area contributed by atoms with Gasteiger partial charge >= 0.3 is 12.1 Å². The minimum absolute atomic E-state index is 0.0725. The first kappa shape index (κ1) is 17.1. The van der Waals surface area contributed by atoms with Crippen molar-refractivity contribution in [3.05, 3.63) is 0 Å². The van der Waals surface area contributed by atoms with Gasteiger partial charge in [-0.1, -0.05) is 19.3 Å². The molecule has 2 aliphatic rings. The number of carboxylic acids is 1. The molecular weight excluding hydrogens is 286 g/mol. The SMILES string of the molecule is CC(C)(C)OC(=O)N1CC(CC(=O)O)(OCCC2CCC2)C1. The van der Waals surface area contributed by atoms with E-state index in [4.69, 9.17) is 14.6 Å². The van der Waals surface area contributed by atoms with Crippen LogP contribution in [0.2, 0.25) is 0 Å². The summed E-state index contributed by atoms with van der Waals surface area (Å²) < 4.78 is 11.2. The molecule has 2 fully saturated rings. The fourth-order valence-electron chi connectivity index (χ4n) is 2.86. The topological polar surface area (TPSA) is 76.1 Å². The quantitative estimate of drug-likeness (QED) is 0.816. The fraction of sp³-hybridized carbons (Fsp3) is 0.875. The first-order valence-electron chi connectivity index (χ1n) is 8.03. The van der Waals surface area contributed by atoms with E-state index >= 15 is 0 Å². The predicted molar refractivity (Wildman–Crippen MR) is 80.7 cm³/mol. The van der Waals surface area contributed by atoms with Crippen LogP contribution in [0.5, 0.6) is 0 Å². The normalized spacial score (nSPS) is 21.0. The van der Waals surface area contributed by atoms with E-state index in [0.29, 0.717) is 19.7 Å². The molecule has 1 amide bonds. The van der Waals surface area contributed by atoms with Crippen molar-refractivity contribution in [3.63, 3.8) is 0 Å². The van der Waals surface area contributed by atoms with E-state index in [-0.39, 0.29) is 6.42 Å². The summed E-state index contributed by atoms with van der Waals surface area (Å²) in [6, 6.07) is 0. The number of likely N-dealkylation sites (tertiary alicyclic amines) is 1. The summed E-state index contributed by atoms with van der Waals surface area (Å²) in [6.07, 6.45) is 4.29. The number of carbonyl (C=O) groups is 2. The van der Waals surface area contributed by atoms with Gasteiger partial charge in [-0.2, -0.15) is 0 Å². The maximum atomic E-state index is 12.0. The number of nitrogens with zero attached hydrogens (tertiary/aromatic N) is 1. The monoisotopic (exact) mass is 313 g/mol. The number of carbonyl (C=O) groups excluding carboxylic acids is 1. The van der Waals surface area contributed by atoms with Crippen molar-refractivity contribution in [3.8, 4) is 0 Å². The highest BCUT2D eigenvalue weighted by Gasteiger charge is 2.49. The highest BCUT2D eigenvalue weighted by Crippen LogP contribution is 2.33. The molecule has 6 nitrogen and oxygen atoms in total. The number of hydrogen-bond donors (Lipinski definition) is 1. The zero-order valence-electron chi connectivity index (χ0n) is 13.8. The van der Waals surface area contributed by atoms with Crippen LogP contribution in [0.1, 0.15) is 52.9 Å². The molecule has 22 heavy (non-hydrogen) atoms. The van der Waals surface area contributed by atoms with Gasteiger partial charge in [0.1, 0.15) is 11.2 Å². The van der Waals surface area contributed by atoms with Crippen LogP contribution in [-0.2, 0) is 14.3 Å². The smallest absolute Gasteiger partial charge is 0.410 e. The van der Waals surface area contributed by atoms with Crippen LogP contribution in [0, 0.1) is 5.92 Å². The third-order valence-corrected chi connectivity index (χ3v) is 4.24. The molecule has 0 aromatic heterocycles. The summed E-state index contributed by atoms with van der Waals surface area (Å²) in [7, 11) is 0. The van der Waals surface area contributed by atoms with Crippen molar-refractivity contribution in [2.75, 3.05) is 19.7 Å². The van der Waals surface area contributed by atoms with Crippen LogP contribution in [-0.4, -0.2) is 53.0 Å². The second-order valence-corrected chi connectivity index (χ2v) is 7.52. The van der Waals surface area contributed by atoms with Crippen molar-refractivity contribution >= 4 is 12.1 Å². The minimum Gasteiger partial charge on any atom is -0.481 e. The third-order valence-electron chi connectivity index (χ3n) is 4.24. The van der Waals surface area contributed by atoms with E-state index in [9.17, 15) is 9.59 Å². The van der Waals surface area contributed by atoms with Gasteiger partial charge in [0, 0.05) is 6.61 Å². The lowest BCUT2D eigenvalue weighted by molar-refractivity contribution is -0.167. The van der Waals surface area contributed by atoms with Crippen LogP contribution in [0.15, 0.2) is 0 Å². The molecule has 0 atom stereocenters. The third kappa shape index (κ3) is 4.60. The van der Waals surface area contributed by atoms with Crippen molar-refractivity contribution in [2.45, 2.75) is 64.1 Å². The molecule has 0 spiro atoms. The Morgan fingerprint density at radius 2 is 1.91 bits per heavy atom. The summed E-state index contributed by atoms with van der Waals surface area (Å²) in [4.78, 5) is 24.5. The molecular formula is C16H27NO5. The Kier molecular flexibility index (Phi) is 5.00. The van der Waals surface area contributed by atoms with Crippen molar-refractivity contribution < 1.29 is 24.2 Å². The Morgan fingerprint density at radius 3 is 2.36 bits per heavy atom. The zero-order chi connectivity index (χ0) is 16.4. The second kappa shape index (κ2) is 6.44. The average Bonchev–Trinajstić information content (AvgIpc) is 2.24.